The van der Waals surface area contributed by atoms with E-state index >= 15 is 0 Å². The highest BCUT2D eigenvalue weighted by molar-refractivity contribution is 8.01. The van der Waals surface area contributed by atoms with E-state index in [0.717, 1.165) is 10.5 Å². The molecule has 0 aliphatic heterocycles. The van der Waals surface area contributed by atoms with Gasteiger partial charge in [-0.2, -0.15) is 0 Å². The van der Waals surface area contributed by atoms with Gasteiger partial charge in [-0.05, 0) is 42.1 Å². The maximum atomic E-state index is 10.8. The van der Waals surface area contributed by atoms with Crippen LogP contribution in [0.3, 0.4) is 0 Å². The molecule has 1 aromatic heterocycles. The Morgan fingerprint density at radius 3 is 2.75 bits per heavy atom. The first-order valence-corrected chi connectivity index (χ1v) is 6.42. The van der Waals surface area contributed by atoms with Crippen LogP contribution in [0.2, 0.25) is 0 Å². The summed E-state index contributed by atoms with van der Waals surface area (Å²) in [5.41, 5.74) is 1.17. The smallest absolute Gasteiger partial charge is 0.335 e. The minimum atomic E-state index is -0.870. The molecule has 4 heteroatoms. The molecule has 0 amide bonds. The lowest BCUT2D eigenvalue weighted by Crippen LogP contribution is -1.98. The normalized spacial score (nSPS) is 10.3. The third kappa shape index (κ3) is 2.46. The van der Waals surface area contributed by atoms with Crippen molar-refractivity contribution in [3.05, 3.63) is 46.8 Å². The minimum Gasteiger partial charge on any atom is -0.478 e. The molecule has 82 valence electrons. The van der Waals surface area contributed by atoms with Crippen LogP contribution in [-0.4, -0.2) is 11.1 Å². The molecule has 0 radical (unpaired) electrons. The molecule has 0 aliphatic rings. The van der Waals surface area contributed by atoms with Crippen molar-refractivity contribution in [2.24, 2.45) is 0 Å². The maximum absolute atomic E-state index is 10.8. The summed E-state index contributed by atoms with van der Waals surface area (Å²) in [4.78, 5) is 11.9. The Labute approximate surface area is 102 Å². The number of aromatic carboxylic acids is 1. The second-order valence-electron chi connectivity index (χ2n) is 3.32. The number of thiophene rings is 1. The van der Waals surface area contributed by atoms with Crippen LogP contribution in [0.15, 0.2) is 44.8 Å². The molecule has 1 heterocycles. The van der Waals surface area contributed by atoms with E-state index in [1.807, 2.05) is 30.5 Å². The second-order valence-corrected chi connectivity index (χ2v) is 5.64. The monoisotopic (exact) mass is 250 g/mol. The van der Waals surface area contributed by atoms with Crippen LogP contribution in [0, 0.1) is 6.92 Å². The fraction of sp³-hybridized carbons (Fsp3) is 0.0833. The van der Waals surface area contributed by atoms with E-state index in [0.29, 0.717) is 5.56 Å². The number of carbonyl (C=O) groups is 1. The topological polar surface area (TPSA) is 37.3 Å². The van der Waals surface area contributed by atoms with Crippen LogP contribution < -0.4 is 0 Å². The average molecular weight is 250 g/mol. The van der Waals surface area contributed by atoms with Crippen molar-refractivity contribution in [1.82, 2.24) is 0 Å². The zero-order chi connectivity index (χ0) is 11.5. The first-order valence-electron chi connectivity index (χ1n) is 4.72. The molecule has 2 rings (SSSR count). The van der Waals surface area contributed by atoms with E-state index in [1.54, 1.807) is 29.2 Å². The first kappa shape index (κ1) is 11.2. The fourth-order valence-electron chi connectivity index (χ4n) is 1.38. The lowest BCUT2D eigenvalue weighted by molar-refractivity contribution is 0.0696. The Morgan fingerprint density at radius 1 is 1.38 bits per heavy atom. The van der Waals surface area contributed by atoms with Gasteiger partial charge in [0.15, 0.2) is 0 Å². The van der Waals surface area contributed by atoms with Crippen molar-refractivity contribution in [2.45, 2.75) is 16.0 Å². The molecule has 0 unspecified atom stereocenters. The molecule has 0 fully saturated rings. The zero-order valence-electron chi connectivity index (χ0n) is 8.64. The summed E-state index contributed by atoms with van der Waals surface area (Å²) in [7, 11) is 0. The van der Waals surface area contributed by atoms with E-state index < -0.39 is 5.97 Å². The van der Waals surface area contributed by atoms with E-state index in [9.17, 15) is 4.79 Å². The first-order chi connectivity index (χ1) is 7.66. The van der Waals surface area contributed by atoms with E-state index in [4.69, 9.17) is 5.11 Å². The third-order valence-electron chi connectivity index (χ3n) is 2.14. The maximum Gasteiger partial charge on any atom is 0.335 e. The Hall–Kier alpha value is -1.26. The number of aryl methyl sites for hydroxylation is 1. The van der Waals surface area contributed by atoms with Crippen LogP contribution in [0.5, 0.6) is 0 Å². The van der Waals surface area contributed by atoms with Crippen LogP contribution in [-0.2, 0) is 0 Å². The van der Waals surface area contributed by atoms with Gasteiger partial charge in [0.1, 0.15) is 0 Å². The van der Waals surface area contributed by atoms with Gasteiger partial charge < -0.3 is 5.11 Å². The predicted molar refractivity (Wildman–Crippen MR) is 66.6 cm³/mol. The quantitative estimate of drug-likeness (QED) is 0.897. The molecule has 0 saturated heterocycles. The van der Waals surface area contributed by atoms with Crippen molar-refractivity contribution in [1.29, 1.82) is 0 Å². The molecule has 16 heavy (non-hydrogen) atoms. The van der Waals surface area contributed by atoms with Gasteiger partial charge in [-0.1, -0.05) is 17.8 Å². The van der Waals surface area contributed by atoms with E-state index in [2.05, 4.69) is 6.07 Å². The molecule has 1 aromatic carbocycles. The molecule has 2 aromatic rings. The average Bonchev–Trinajstić information content (AvgIpc) is 2.70. The highest BCUT2D eigenvalue weighted by Gasteiger charge is 2.07. The van der Waals surface area contributed by atoms with Crippen molar-refractivity contribution >= 4 is 29.1 Å². The van der Waals surface area contributed by atoms with Gasteiger partial charge in [0.2, 0.25) is 0 Å². The third-order valence-corrected chi connectivity index (χ3v) is 4.17. The van der Waals surface area contributed by atoms with E-state index in [1.165, 1.54) is 4.21 Å². The molecule has 1 N–H and O–H groups in total. The van der Waals surface area contributed by atoms with Crippen LogP contribution in [0.4, 0.5) is 0 Å². The van der Waals surface area contributed by atoms with Crippen molar-refractivity contribution in [3.63, 3.8) is 0 Å². The second kappa shape index (κ2) is 4.72. The number of carboxylic acid groups (broad SMARTS) is 1. The summed E-state index contributed by atoms with van der Waals surface area (Å²) in [5, 5.41) is 10.9. The lowest BCUT2D eigenvalue weighted by atomic mass is 10.1. The highest BCUT2D eigenvalue weighted by atomic mass is 32.2. The van der Waals surface area contributed by atoms with Gasteiger partial charge in [0, 0.05) is 4.90 Å². The van der Waals surface area contributed by atoms with Crippen molar-refractivity contribution < 1.29 is 9.90 Å². The summed E-state index contributed by atoms with van der Waals surface area (Å²) in [6.07, 6.45) is 0. The summed E-state index contributed by atoms with van der Waals surface area (Å²) in [6, 6.07) is 9.48. The summed E-state index contributed by atoms with van der Waals surface area (Å²) in [5.74, 6) is -0.870. The Bertz CT molecular complexity index is 504. The van der Waals surface area contributed by atoms with Gasteiger partial charge in [0.25, 0.3) is 0 Å². The van der Waals surface area contributed by atoms with Crippen molar-refractivity contribution in [3.8, 4) is 0 Å². The van der Waals surface area contributed by atoms with Crippen LogP contribution in [0.1, 0.15) is 15.9 Å². The van der Waals surface area contributed by atoms with Crippen molar-refractivity contribution in [2.75, 3.05) is 0 Å². The number of hydrogen-bond donors (Lipinski definition) is 1. The summed E-state index contributed by atoms with van der Waals surface area (Å²) < 4.78 is 1.21. The van der Waals surface area contributed by atoms with Crippen LogP contribution in [0.25, 0.3) is 0 Å². The summed E-state index contributed by atoms with van der Waals surface area (Å²) >= 11 is 3.34. The number of hydrogen-bond acceptors (Lipinski definition) is 3. The van der Waals surface area contributed by atoms with E-state index in [-0.39, 0.29) is 0 Å². The van der Waals surface area contributed by atoms with Gasteiger partial charge >= 0.3 is 5.97 Å². The molecule has 0 bridgehead atoms. The molecular weight excluding hydrogens is 240 g/mol. The zero-order valence-corrected chi connectivity index (χ0v) is 10.3. The fourth-order valence-corrected chi connectivity index (χ4v) is 3.22. The predicted octanol–water partition coefficient (Wildman–Crippen LogP) is 3.91. The Morgan fingerprint density at radius 2 is 2.19 bits per heavy atom. The van der Waals surface area contributed by atoms with Crippen LogP contribution >= 0.6 is 23.1 Å². The minimum absolute atomic E-state index is 0.371. The van der Waals surface area contributed by atoms with Gasteiger partial charge in [-0.25, -0.2) is 4.79 Å². The number of rotatable bonds is 3. The summed E-state index contributed by atoms with van der Waals surface area (Å²) in [6.45, 7) is 1.82. The van der Waals surface area contributed by atoms with Gasteiger partial charge in [-0.15, -0.1) is 11.3 Å². The number of carboxylic acids is 1. The lowest BCUT2D eigenvalue weighted by Gasteiger charge is -2.03. The Kier molecular flexibility index (Phi) is 3.31. The highest BCUT2D eigenvalue weighted by Crippen LogP contribution is 2.32. The standard InChI is InChI=1S/C12H10O2S2/c1-8-7-9(4-5-10(8)12(13)14)16-11-3-2-6-15-11/h2-7H,1H3,(H,13,14). The SMILES string of the molecule is Cc1cc(Sc2cccs2)ccc1C(=O)O. The molecule has 0 saturated carbocycles. The number of benzene rings is 1. The molecular formula is C12H10O2S2. The molecule has 2 nitrogen and oxygen atoms in total. The molecule has 0 spiro atoms. The molecule has 0 atom stereocenters. The largest absolute Gasteiger partial charge is 0.478 e. The van der Waals surface area contributed by atoms with Gasteiger partial charge in [0.05, 0.1) is 9.77 Å². The molecule has 0 aliphatic carbocycles. The Balaban J connectivity index is 2.24. The van der Waals surface area contributed by atoms with Gasteiger partial charge in [-0.3, -0.25) is 0 Å².